The van der Waals surface area contributed by atoms with Gasteiger partial charge in [0.15, 0.2) is 0 Å². The zero-order valence-electron chi connectivity index (χ0n) is 9.29. The summed E-state index contributed by atoms with van der Waals surface area (Å²) in [6.45, 7) is 4.27. The minimum Gasteiger partial charge on any atom is -0.303 e. The number of aldehydes is 1. The number of hydrogen-bond acceptors (Lipinski definition) is 1. The molecular formula is C13H17ClO. The molecule has 15 heavy (non-hydrogen) atoms. The van der Waals surface area contributed by atoms with Crippen LogP contribution in [0.15, 0.2) is 24.3 Å². The molecule has 0 aliphatic heterocycles. The lowest BCUT2D eigenvalue weighted by Gasteiger charge is -2.27. The van der Waals surface area contributed by atoms with E-state index in [0.717, 1.165) is 24.2 Å². The molecule has 0 aliphatic carbocycles. The highest BCUT2D eigenvalue weighted by molar-refractivity contribution is 6.30. The molecule has 0 aliphatic rings. The van der Waals surface area contributed by atoms with Gasteiger partial charge in [-0.2, -0.15) is 0 Å². The summed E-state index contributed by atoms with van der Waals surface area (Å²) in [6.07, 6.45) is 3.67. The highest BCUT2D eigenvalue weighted by atomic mass is 35.5. The molecule has 1 nitrogen and oxygen atoms in total. The Morgan fingerprint density at radius 2 is 1.93 bits per heavy atom. The molecule has 0 bridgehead atoms. The van der Waals surface area contributed by atoms with Gasteiger partial charge in [-0.05, 0) is 29.5 Å². The van der Waals surface area contributed by atoms with Crippen LogP contribution in [-0.4, -0.2) is 6.29 Å². The van der Waals surface area contributed by atoms with E-state index in [1.165, 1.54) is 5.56 Å². The summed E-state index contributed by atoms with van der Waals surface area (Å²) < 4.78 is 0. The van der Waals surface area contributed by atoms with Gasteiger partial charge in [-0.25, -0.2) is 0 Å². The summed E-state index contributed by atoms with van der Waals surface area (Å²) in [5.41, 5.74) is 1.15. The number of carbonyl (C=O) groups excluding carboxylic acids is 1. The smallest absolute Gasteiger partial charge is 0.120 e. The van der Waals surface area contributed by atoms with Crippen LogP contribution in [0.3, 0.4) is 0 Å². The molecule has 0 N–H and O–H groups in total. The Morgan fingerprint density at radius 3 is 2.40 bits per heavy atom. The lowest BCUT2D eigenvalue weighted by atomic mass is 9.76. The first kappa shape index (κ1) is 12.3. The fourth-order valence-corrected chi connectivity index (χ4v) is 2.08. The molecule has 1 aromatic rings. The zero-order valence-corrected chi connectivity index (χ0v) is 10.1. The Balaban J connectivity index is 2.97. The fourth-order valence-electron chi connectivity index (χ4n) is 1.95. The number of hydrogen-bond donors (Lipinski definition) is 0. The Hall–Kier alpha value is -0.820. The fraction of sp³-hybridized carbons (Fsp3) is 0.462. The van der Waals surface area contributed by atoms with E-state index in [1.54, 1.807) is 0 Å². The highest BCUT2D eigenvalue weighted by Gasteiger charge is 2.24. The van der Waals surface area contributed by atoms with Crippen LogP contribution in [0.2, 0.25) is 5.02 Å². The van der Waals surface area contributed by atoms with Gasteiger partial charge >= 0.3 is 0 Å². The minimum absolute atomic E-state index is 0.0406. The SMILES string of the molecule is CCC[C@](C)(CC=O)c1ccc(Cl)cc1. The summed E-state index contributed by atoms with van der Waals surface area (Å²) in [6, 6.07) is 7.80. The third-order valence-corrected chi connectivity index (χ3v) is 3.13. The van der Waals surface area contributed by atoms with E-state index in [9.17, 15) is 4.79 Å². The van der Waals surface area contributed by atoms with Crippen molar-refractivity contribution >= 4 is 17.9 Å². The Labute approximate surface area is 96.5 Å². The molecule has 82 valence electrons. The monoisotopic (exact) mass is 224 g/mol. The van der Waals surface area contributed by atoms with Crippen LogP contribution in [0.5, 0.6) is 0 Å². The second-order valence-electron chi connectivity index (χ2n) is 4.19. The largest absolute Gasteiger partial charge is 0.303 e. The van der Waals surface area contributed by atoms with Gasteiger partial charge in [-0.3, -0.25) is 0 Å². The third kappa shape index (κ3) is 3.07. The first-order valence-corrected chi connectivity index (χ1v) is 5.70. The molecule has 0 fully saturated rings. The molecule has 0 saturated heterocycles. The lowest BCUT2D eigenvalue weighted by Crippen LogP contribution is -2.22. The molecular weight excluding hydrogens is 208 g/mol. The average Bonchev–Trinajstić information content (AvgIpc) is 2.19. The Bertz CT molecular complexity index is 318. The van der Waals surface area contributed by atoms with E-state index in [0.29, 0.717) is 6.42 Å². The molecule has 0 unspecified atom stereocenters. The molecule has 0 radical (unpaired) electrons. The van der Waals surface area contributed by atoms with Gasteiger partial charge in [0.05, 0.1) is 0 Å². The maximum atomic E-state index is 10.7. The quantitative estimate of drug-likeness (QED) is 0.692. The normalized spacial score (nSPS) is 14.6. The van der Waals surface area contributed by atoms with Gasteiger partial charge in [0.25, 0.3) is 0 Å². The van der Waals surface area contributed by atoms with Gasteiger partial charge in [0.1, 0.15) is 6.29 Å². The van der Waals surface area contributed by atoms with Crippen molar-refractivity contribution in [3.05, 3.63) is 34.9 Å². The van der Waals surface area contributed by atoms with Crippen molar-refractivity contribution in [1.29, 1.82) is 0 Å². The summed E-state index contributed by atoms with van der Waals surface area (Å²) in [4.78, 5) is 10.7. The van der Waals surface area contributed by atoms with E-state index < -0.39 is 0 Å². The van der Waals surface area contributed by atoms with Gasteiger partial charge in [-0.15, -0.1) is 0 Å². The number of halogens is 1. The molecule has 0 heterocycles. The van der Waals surface area contributed by atoms with E-state index in [-0.39, 0.29) is 5.41 Å². The van der Waals surface area contributed by atoms with Crippen LogP contribution in [0.25, 0.3) is 0 Å². The molecule has 0 aromatic heterocycles. The highest BCUT2D eigenvalue weighted by Crippen LogP contribution is 2.32. The Morgan fingerprint density at radius 1 is 1.33 bits per heavy atom. The van der Waals surface area contributed by atoms with E-state index in [1.807, 2.05) is 24.3 Å². The maximum absolute atomic E-state index is 10.7. The van der Waals surface area contributed by atoms with Crippen LogP contribution in [0.4, 0.5) is 0 Å². The van der Waals surface area contributed by atoms with Crippen molar-refractivity contribution in [2.24, 2.45) is 0 Å². The second kappa shape index (κ2) is 5.32. The molecule has 1 atom stereocenters. The maximum Gasteiger partial charge on any atom is 0.120 e. The molecule has 0 spiro atoms. The van der Waals surface area contributed by atoms with Crippen LogP contribution in [0.1, 0.15) is 38.7 Å². The van der Waals surface area contributed by atoms with Crippen LogP contribution < -0.4 is 0 Å². The van der Waals surface area contributed by atoms with Crippen molar-refractivity contribution in [2.75, 3.05) is 0 Å². The molecule has 0 saturated carbocycles. The van der Waals surface area contributed by atoms with E-state index in [4.69, 9.17) is 11.6 Å². The van der Waals surface area contributed by atoms with Crippen molar-refractivity contribution in [2.45, 2.75) is 38.5 Å². The first-order valence-electron chi connectivity index (χ1n) is 5.32. The van der Waals surface area contributed by atoms with Gasteiger partial charge in [0, 0.05) is 11.4 Å². The zero-order chi connectivity index (χ0) is 11.3. The van der Waals surface area contributed by atoms with Crippen molar-refractivity contribution in [3.8, 4) is 0 Å². The van der Waals surface area contributed by atoms with Crippen molar-refractivity contribution < 1.29 is 4.79 Å². The number of benzene rings is 1. The summed E-state index contributed by atoms with van der Waals surface area (Å²) in [5.74, 6) is 0. The van der Waals surface area contributed by atoms with Gasteiger partial charge in [-0.1, -0.05) is 44.0 Å². The number of rotatable bonds is 5. The molecule has 1 aromatic carbocycles. The van der Waals surface area contributed by atoms with Crippen LogP contribution in [0, 0.1) is 0 Å². The summed E-state index contributed by atoms with van der Waals surface area (Å²) >= 11 is 5.85. The van der Waals surface area contributed by atoms with Gasteiger partial charge < -0.3 is 4.79 Å². The minimum atomic E-state index is -0.0406. The number of carbonyl (C=O) groups is 1. The second-order valence-corrected chi connectivity index (χ2v) is 4.62. The van der Waals surface area contributed by atoms with Crippen LogP contribution >= 0.6 is 11.6 Å². The average molecular weight is 225 g/mol. The predicted molar refractivity (Wildman–Crippen MR) is 64.4 cm³/mol. The topological polar surface area (TPSA) is 17.1 Å². The van der Waals surface area contributed by atoms with Crippen LogP contribution in [-0.2, 0) is 10.2 Å². The first-order chi connectivity index (χ1) is 7.12. The summed E-state index contributed by atoms with van der Waals surface area (Å²) in [7, 11) is 0. The van der Waals surface area contributed by atoms with Crippen molar-refractivity contribution in [1.82, 2.24) is 0 Å². The van der Waals surface area contributed by atoms with E-state index >= 15 is 0 Å². The predicted octanol–water partition coefficient (Wildman–Crippen LogP) is 3.99. The molecule has 0 amide bonds. The standard InChI is InChI=1S/C13H17ClO/c1-3-8-13(2,9-10-15)11-4-6-12(14)7-5-11/h4-7,10H,3,8-9H2,1-2H3/t13-/m1/s1. The van der Waals surface area contributed by atoms with E-state index in [2.05, 4.69) is 13.8 Å². The Kier molecular flexibility index (Phi) is 4.34. The molecule has 2 heteroatoms. The lowest BCUT2D eigenvalue weighted by molar-refractivity contribution is -0.108. The third-order valence-electron chi connectivity index (χ3n) is 2.88. The van der Waals surface area contributed by atoms with Crippen molar-refractivity contribution in [3.63, 3.8) is 0 Å². The molecule has 1 rings (SSSR count). The summed E-state index contributed by atoms with van der Waals surface area (Å²) in [5, 5.41) is 0.740. The van der Waals surface area contributed by atoms with Gasteiger partial charge in [0.2, 0.25) is 0 Å².